The molecule has 0 aromatic carbocycles. The molecule has 0 rings (SSSR count). The van der Waals surface area contributed by atoms with Crippen molar-refractivity contribution in [1.29, 1.82) is 0 Å². The van der Waals surface area contributed by atoms with Gasteiger partial charge in [-0.3, -0.25) is 0 Å². The Morgan fingerprint density at radius 1 is 1.15 bits per heavy atom. The fourth-order valence-corrected chi connectivity index (χ4v) is 0.596. The van der Waals surface area contributed by atoms with Gasteiger partial charge in [-0.2, -0.15) is 0 Å². The lowest BCUT2D eigenvalue weighted by molar-refractivity contribution is 0.599. The molecule has 0 radical (unpaired) electrons. The van der Waals surface area contributed by atoms with Crippen molar-refractivity contribution >= 4 is 0 Å². The zero-order valence-corrected chi connectivity index (χ0v) is 7.94. The van der Waals surface area contributed by atoms with E-state index in [2.05, 4.69) is 0 Å². The lowest BCUT2D eigenvalue weighted by Gasteiger charge is -2.04. The van der Waals surface area contributed by atoms with Crippen LogP contribution in [0.4, 0.5) is 13.2 Å². The van der Waals surface area contributed by atoms with Crippen molar-refractivity contribution in [1.82, 2.24) is 0 Å². The van der Waals surface area contributed by atoms with Crippen molar-refractivity contribution in [3.8, 4) is 0 Å². The molecule has 0 aliphatic rings. The molecular formula is C10H13F3. The van der Waals surface area contributed by atoms with Crippen LogP contribution in [0.25, 0.3) is 0 Å². The highest BCUT2D eigenvalue weighted by atomic mass is 19.2. The quantitative estimate of drug-likeness (QED) is 0.584. The predicted molar refractivity (Wildman–Crippen MR) is 48.1 cm³/mol. The average molecular weight is 190 g/mol. The molecule has 0 saturated heterocycles. The molecule has 0 nitrogen and oxygen atoms in total. The molecule has 0 heterocycles. The minimum atomic E-state index is -1.09. The minimum Gasteiger partial charge on any atom is -0.212 e. The zero-order chi connectivity index (χ0) is 10.4. The Morgan fingerprint density at radius 2 is 1.69 bits per heavy atom. The van der Waals surface area contributed by atoms with Crippen LogP contribution in [-0.4, -0.2) is 0 Å². The Balaban J connectivity index is 4.54. The van der Waals surface area contributed by atoms with E-state index in [4.69, 9.17) is 0 Å². The Kier molecular flexibility index (Phi) is 5.19. The molecule has 0 aliphatic heterocycles. The van der Waals surface area contributed by atoms with E-state index in [1.165, 1.54) is 0 Å². The highest BCUT2D eigenvalue weighted by molar-refractivity contribution is 5.23. The molecule has 0 unspecified atom stereocenters. The van der Waals surface area contributed by atoms with Crippen LogP contribution in [0.1, 0.15) is 20.8 Å². The number of halogens is 3. The smallest absolute Gasteiger partial charge is 0.151 e. The summed E-state index contributed by atoms with van der Waals surface area (Å²) in [6.07, 6.45) is 1.45. The van der Waals surface area contributed by atoms with Crippen molar-refractivity contribution in [2.45, 2.75) is 20.8 Å². The van der Waals surface area contributed by atoms with Crippen molar-refractivity contribution in [3.63, 3.8) is 0 Å². The molecule has 0 aliphatic carbocycles. The fourth-order valence-electron chi connectivity index (χ4n) is 0.596. The summed E-state index contributed by atoms with van der Waals surface area (Å²) < 4.78 is 36.7. The van der Waals surface area contributed by atoms with Gasteiger partial charge < -0.3 is 0 Å². The summed E-state index contributed by atoms with van der Waals surface area (Å²) >= 11 is 0. The molecule has 0 saturated carbocycles. The number of allylic oxidation sites excluding steroid dienone is 5. The second-order valence-corrected chi connectivity index (χ2v) is 3.01. The molecule has 0 bridgehead atoms. The van der Waals surface area contributed by atoms with E-state index in [1.54, 1.807) is 6.92 Å². The van der Waals surface area contributed by atoms with E-state index in [0.717, 1.165) is 12.2 Å². The molecule has 0 N–H and O–H groups in total. The third-order valence-corrected chi connectivity index (χ3v) is 1.74. The summed E-state index contributed by atoms with van der Waals surface area (Å²) in [5.74, 6) is -1.55. The third kappa shape index (κ3) is 4.55. The van der Waals surface area contributed by atoms with E-state index in [-0.39, 0.29) is 12.2 Å². The normalized spacial score (nSPS) is 15.5. The first-order valence-corrected chi connectivity index (χ1v) is 3.99. The molecule has 0 atom stereocenters. The summed E-state index contributed by atoms with van der Waals surface area (Å²) in [4.78, 5) is 0. The third-order valence-electron chi connectivity index (χ3n) is 1.74. The highest BCUT2D eigenvalue weighted by Crippen LogP contribution is 2.16. The van der Waals surface area contributed by atoms with Crippen LogP contribution in [0.2, 0.25) is 0 Å². The van der Waals surface area contributed by atoms with Crippen molar-refractivity contribution in [2.24, 2.45) is 5.92 Å². The molecule has 3 heteroatoms. The van der Waals surface area contributed by atoms with Gasteiger partial charge in [0.05, 0.1) is 0 Å². The first-order chi connectivity index (χ1) is 5.99. The van der Waals surface area contributed by atoms with E-state index in [1.807, 2.05) is 13.8 Å². The van der Waals surface area contributed by atoms with E-state index < -0.39 is 11.7 Å². The maximum atomic E-state index is 13.0. The van der Waals surface area contributed by atoms with Crippen molar-refractivity contribution in [3.05, 3.63) is 35.7 Å². The van der Waals surface area contributed by atoms with E-state index >= 15 is 0 Å². The number of hydrogen-bond donors (Lipinski definition) is 0. The maximum absolute atomic E-state index is 13.0. The fraction of sp³-hybridized carbons (Fsp3) is 0.400. The Hall–Kier alpha value is -0.990. The Labute approximate surface area is 76.5 Å². The summed E-state index contributed by atoms with van der Waals surface area (Å²) in [6, 6.07) is 0. The van der Waals surface area contributed by atoms with Gasteiger partial charge >= 0.3 is 0 Å². The van der Waals surface area contributed by atoms with Crippen molar-refractivity contribution < 1.29 is 13.2 Å². The van der Waals surface area contributed by atoms with Crippen molar-refractivity contribution in [2.75, 3.05) is 0 Å². The van der Waals surface area contributed by atoms with Crippen LogP contribution in [-0.2, 0) is 0 Å². The molecular weight excluding hydrogens is 177 g/mol. The number of hydrogen-bond acceptors (Lipinski definition) is 0. The van der Waals surface area contributed by atoms with Crippen LogP contribution >= 0.6 is 0 Å². The van der Waals surface area contributed by atoms with Gasteiger partial charge in [-0.25, -0.2) is 13.2 Å². The molecule has 0 fully saturated rings. The monoisotopic (exact) mass is 190 g/mol. The van der Waals surface area contributed by atoms with E-state index in [0.29, 0.717) is 5.57 Å². The number of rotatable bonds is 3. The summed E-state index contributed by atoms with van der Waals surface area (Å²) in [7, 11) is 0. The first kappa shape index (κ1) is 12.0. The van der Waals surface area contributed by atoms with Crippen LogP contribution in [0.5, 0.6) is 0 Å². The highest BCUT2D eigenvalue weighted by Gasteiger charge is 2.02. The Morgan fingerprint density at radius 3 is 2.08 bits per heavy atom. The molecule has 0 aromatic rings. The second kappa shape index (κ2) is 5.62. The molecule has 0 amide bonds. The summed E-state index contributed by atoms with van der Waals surface area (Å²) in [6.45, 7) is 5.26. The van der Waals surface area contributed by atoms with Crippen LogP contribution in [0.15, 0.2) is 35.7 Å². The molecule has 74 valence electrons. The van der Waals surface area contributed by atoms with Crippen LogP contribution in [0, 0.1) is 5.92 Å². The zero-order valence-electron chi connectivity index (χ0n) is 7.94. The summed E-state index contributed by atoms with van der Waals surface area (Å²) in [5, 5.41) is 0. The topological polar surface area (TPSA) is 0 Å². The van der Waals surface area contributed by atoms with Gasteiger partial charge in [0.25, 0.3) is 0 Å². The molecule has 0 aromatic heterocycles. The van der Waals surface area contributed by atoms with Gasteiger partial charge in [0.15, 0.2) is 5.83 Å². The first-order valence-electron chi connectivity index (χ1n) is 3.99. The van der Waals surface area contributed by atoms with Gasteiger partial charge in [-0.05, 0) is 30.6 Å². The standard InChI is InChI=1S/C10H13F3/c1-7(2)8(3)10(13)5-4-9(12)6-11/h4-7H,1-3H3/b5-4-,9-6-,10-8-. The van der Waals surface area contributed by atoms with E-state index in [9.17, 15) is 13.2 Å². The predicted octanol–water partition coefficient (Wildman–Crippen LogP) is 4.22. The Bertz CT molecular complexity index is 247. The minimum absolute atomic E-state index is 0.0575. The maximum Gasteiger partial charge on any atom is 0.151 e. The second-order valence-electron chi connectivity index (χ2n) is 3.01. The van der Waals surface area contributed by atoms with Crippen LogP contribution < -0.4 is 0 Å². The largest absolute Gasteiger partial charge is 0.212 e. The van der Waals surface area contributed by atoms with Crippen LogP contribution in [0.3, 0.4) is 0 Å². The lowest BCUT2D eigenvalue weighted by Crippen LogP contribution is -1.90. The van der Waals surface area contributed by atoms with Gasteiger partial charge in [0.1, 0.15) is 12.2 Å². The van der Waals surface area contributed by atoms with Gasteiger partial charge in [-0.1, -0.05) is 13.8 Å². The van der Waals surface area contributed by atoms with Gasteiger partial charge in [0, 0.05) is 0 Å². The molecule has 13 heavy (non-hydrogen) atoms. The van der Waals surface area contributed by atoms with Gasteiger partial charge in [0.2, 0.25) is 0 Å². The molecule has 0 spiro atoms. The summed E-state index contributed by atoms with van der Waals surface area (Å²) in [5.41, 5.74) is 0.517. The average Bonchev–Trinajstić information content (AvgIpc) is 2.11. The SMILES string of the molecule is C\C(=C(F)/C=C\C(F)=C\F)C(C)C. The lowest BCUT2D eigenvalue weighted by atomic mass is 10.0. The van der Waals surface area contributed by atoms with Gasteiger partial charge in [-0.15, -0.1) is 0 Å².